The van der Waals surface area contributed by atoms with Crippen LogP contribution in [0.5, 0.6) is 0 Å². The summed E-state index contributed by atoms with van der Waals surface area (Å²) >= 11 is 1.63. The van der Waals surface area contributed by atoms with E-state index in [2.05, 4.69) is 9.97 Å². The number of thiazole rings is 1. The summed E-state index contributed by atoms with van der Waals surface area (Å²) < 4.78 is 1.73. The fourth-order valence-corrected chi connectivity index (χ4v) is 2.89. The number of aromatic nitrogens is 3. The molecule has 3 N–H and O–H groups in total. The zero-order valence-electron chi connectivity index (χ0n) is 10.5. The Morgan fingerprint density at radius 1 is 1.47 bits per heavy atom. The van der Waals surface area contributed by atoms with Crippen molar-refractivity contribution in [2.75, 3.05) is 5.73 Å². The van der Waals surface area contributed by atoms with Crippen LogP contribution in [0.15, 0.2) is 28.4 Å². The normalized spacial score (nSPS) is 11.2. The number of nitrogens with two attached hydrogens (primary N) is 1. The molecule has 0 spiro atoms. The molecular weight excluding hydrogens is 260 g/mol. The summed E-state index contributed by atoms with van der Waals surface area (Å²) in [6.45, 7) is 2.59. The number of H-pyrrole nitrogens is 1. The second-order valence-electron chi connectivity index (χ2n) is 4.49. The maximum absolute atomic E-state index is 11.9. The van der Waals surface area contributed by atoms with Gasteiger partial charge in [-0.15, -0.1) is 11.3 Å². The number of hydrogen-bond donors (Lipinski definition) is 2. The number of benzene rings is 1. The lowest BCUT2D eigenvalue weighted by Crippen LogP contribution is -2.17. The van der Waals surface area contributed by atoms with Gasteiger partial charge in [0.25, 0.3) is 0 Å². The Kier molecular flexibility index (Phi) is 2.87. The van der Waals surface area contributed by atoms with Gasteiger partial charge in [0, 0.05) is 29.7 Å². The van der Waals surface area contributed by atoms with Crippen LogP contribution in [0, 0.1) is 6.92 Å². The number of imidazole rings is 1. The van der Waals surface area contributed by atoms with Crippen LogP contribution in [0.2, 0.25) is 0 Å². The SMILES string of the molecule is Cc1csc(CCn2c(=O)[nH]c3cc(N)ccc32)n1. The van der Waals surface area contributed by atoms with Gasteiger partial charge in [-0.3, -0.25) is 4.57 Å². The van der Waals surface area contributed by atoms with Crippen LogP contribution >= 0.6 is 11.3 Å². The van der Waals surface area contributed by atoms with E-state index in [-0.39, 0.29) is 5.69 Å². The summed E-state index contributed by atoms with van der Waals surface area (Å²) in [5.41, 5.74) is 8.94. The van der Waals surface area contributed by atoms with Crippen molar-refractivity contribution in [1.82, 2.24) is 14.5 Å². The second-order valence-corrected chi connectivity index (χ2v) is 5.43. The Hall–Kier alpha value is -2.08. The summed E-state index contributed by atoms with van der Waals surface area (Å²) in [4.78, 5) is 19.2. The minimum atomic E-state index is -0.103. The van der Waals surface area contributed by atoms with Gasteiger partial charge in [-0.2, -0.15) is 0 Å². The number of fused-ring (bicyclic) bond motifs is 1. The van der Waals surface area contributed by atoms with Crippen molar-refractivity contribution in [2.24, 2.45) is 0 Å². The van der Waals surface area contributed by atoms with Crippen molar-refractivity contribution >= 4 is 28.1 Å². The van der Waals surface area contributed by atoms with Crippen LogP contribution in [0.25, 0.3) is 11.0 Å². The highest BCUT2D eigenvalue weighted by molar-refractivity contribution is 7.09. The molecule has 1 aromatic carbocycles. The molecule has 0 aliphatic rings. The van der Waals surface area contributed by atoms with E-state index in [0.29, 0.717) is 12.2 Å². The molecule has 19 heavy (non-hydrogen) atoms. The number of anilines is 1. The Bertz CT molecular complexity index is 783. The minimum Gasteiger partial charge on any atom is -0.399 e. The molecule has 0 saturated heterocycles. The van der Waals surface area contributed by atoms with Crippen molar-refractivity contribution < 1.29 is 0 Å². The van der Waals surface area contributed by atoms with E-state index in [1.165, 1.54) is 0 Å². The molecular formula is C13H14N4OS. The van der Waals surface area contributed by atoms with Gasteiger partial charge in [-0.25, -0.2) is 9.78 Å². The van der Waals surface area contributed by atoms with Crippen LogP contribution < -0.4 is 11.4 Å². The van der Waals surface area contributed by atoms with Gasteiger partial charge < -0.3 is 10.7 Å². The number of nitrogen functional groups attached to an aromatic ring is 1. The summed E-state index contributed by atoms with van der Waals surface area (Å²) in [5, 5.41) is 3.07. The lowest BCUT2D eigenvalue weighted by molar-refractivity contribution is 0.688. The molecule has 0 unspecified atom stereocenters. The van der Waals surface area contributed by atoms with E-state index in [1.54, 1.807) is 28.0 Å². The van der Waals surface area contributed by atoms with Crippen molar-refractivity contribution in [3.63, 3.8) is 0 Å². The van der Waals surface area contributed by atoms with Crippen LogP contribution in [0.3, 0.4) is 0 Å². The minimum absolute atomic E-state index is 0.103. The second kappa shape index (κ2) is 4.55. The molecule has 0 bridgehead atoms. The lowest BCUT2D eigenvalue weighted by atomic mass is 10.3. The van der Waals surface area contributed by atoms with Crippen LogP contribution in [0.1, 0.15) is 10.7 Å². The summed E-state index contributed by atoms with van der Waals surface area (Å²) in [7, 11) is 0. The molecule has 6 heteroatoms. The van der Waals surface area contributed by atoms with Crippen LogP contribution in [-0.4, -0.2) is 14.5 Å². The van der Waals surface area contributed by atoms with Gasteiger partial charge in [-0.05, 0) is 25.1 Å². The number of aryl methyl sites for hydroxylation is 3. The fraction of sp³-hybridized carbons (Fsp3) is 0.231. The van der Waals surface area contributed by atoms with Gasteiger partial charge >= 0.3 is 5.69 Å². The first kappa shape index (κ1) is 12.0. The van der Waals surface area contributed by atoms with E-state index in [4.69, 9.17) is 5.73 Å². The Labute approximate surface area is 113 Å². The average Bonchev–Trinajstić information content (AvgIpc) is 2.89. The molecule has 0 amide bonds. The Balaban J connectivity index is 1.92. The van der Waals surface area contributed by atoms with E-state index in [9.17, 15) is 4.79 Å². The van der Waals surface area contributed by atoms with Gasteiger partial charge in [0.15, 0.2) is 0 Å². The number of nitrogens with one attached hydrogen (secondary N) is 1. The van der Waals surface area contributed by atoms with Gasteiger partial charge in [-0.1, -0.05) is 0 Å². The van der Waals surface area contributed by atoms with Crippen molar-refractivity contribution in [1.29, 1.82) is 0 Å². The molecule has 2 heterocycles. The molecule has 0 atom stereocenters. The predicted molar refractivity (Wildman–Crippen MR) is 77.5 cm³/mol. The fourth-order valence-electron chi connectivity index (χ4n) is 2.13. The molecule has 0 radical (unpaired) electrons. The number of hydrogen-bond acceptors (Lipinski definition) is 4. The molecule has 2 aromatic heterocycles. The topological polar surface area (TPSA) is 76.7 Å². The van der Waals surface area contributed by atoms with Crippen LogP contribution in [-0.2, 0) is 13.0 Å². The number of aromatic amines is 1. The summed E-state index contributed by atoms with van der Waals surface area (Å²) in [6.07, 6.45) is 0.760. The lowest BCUT2D eigenvalue weighted by Gasteiger charge is -2.01. The monoisotopic (exact) mass is 274 g/mol. The third kappa shape index (κ3) is 2.26. The Morgan fingerprint density at radius 2 is 2.32 bits per heavy atom. The zero-order chi connectivity index (χ0) is 13.4. The third-order valence-corrected chi connectivity index (χ3v) is 4.04. The average molecular weight is 274 g/mol. The summed E-state index contributed by atoms with van der Waals surface area (Å²) in [5.74, 6) is 0. The quantitative estimate of drug-likeness (QED) is 0.716. The number of rotatable bonds is 3. The molecule has 3 aromatic rings. The number of nitrogens with zero attached hydrogens (tertiary/aromatic N) is 2. The van der Waals surface area contributed by atoms with Gasteiger partial charge in [0.1, 0.15) is 0 Å². The molecule has 0 saturated carbocycles. The first-order valence-electron chi connectivity index (χ1n) is 6.02. The predicted octanol–water partition coefficient (Wildman–Crippen LogP) is 1.92. The summed E-state index contributed by atoms with van der Waals surface area (Å²) in [6, 6.07) is 5.45. The maximum Gasteiger partial charge on any atom is 0.326 e. The first-order valence-corrected chi connectivity index (χ1v) is 6.90. The molecule has 0 aliphatic heterocycles. The third-order valence-electron chi connectivity index (χ3n) is 3.01. The smallest absolute Gasteiger partial charge is 0.326 e. The molecule has 98 valence electrons. The molecule has 0 aliphatic carbocycles. The largest absolute Gasteiger partial charge is 0.399 e. The van der Waals surface area contributed by atoms with Crippen molar-refractivity contribution in [2.45, 2.75) is 19.9 Å². The van der Waals surface area contributed by atoms with E-state index in [1.807, 2.05) is 18.4 Å². The first-order chi connectivity index (χ1) is 9.13. The van der Waals surface area contributed by atoms with E-state index >= 15 is 0 Å². The highest BCUT2D eigenvalue weighted by atomic mass is 32.1. The molecule has 5 nitrogen and oxygen atoms in total. The Morgan fingerprint density at radius 3 is 3.05 bits per heavy atom. The highest BCUT2D eigenvalue weighted by Gasteiger charge is 2.07. The zero-order valence-corrected chi connectivity index (χ0v) is 11.3. The van der Waals surface area contributed by atoms with Gasteiger partial charge in [0.05, 0.1) is 16.0 Å². The molecule has 0 fully saturated rings. The van der Waals surface area contributed by atoms with E-state index in [0.717, 1.165) is 28.2 Å². The molecule has 3 rings (SSSR count). The maximum atomic E-state index is 11.9. The van der Waals surface area contributed by atoms with Crippen LogP contribution in [0.4, 0.5) is 5.69 Å². The van der Waals surface area contributed by atoms with Gasteiger partial charge in [0.2, 0.25) is 0 Å². The van der Waals surface area contributed by atoms with Crippen molar-refractivity contribution in [3.05, 3.63) is 44.8 Å². The standard InChI is InChI=1S/C13H14N4OS/c1-8-7-19-12(15-8)4-5-17-11-3-2-9(14)6-10(11)16-13(17)18/h2-3,6-7H,4-5,14H2,1H3,(H,16,18). The highest BCUT2D eigenvalue weighted by Crippen LogP contribution is 2.15. The van der Waals surface area contributed by atoms with E-state index < -0.39 is 0 Å². The van der Waals surface area contributed by atoms with Crippen molar-refractivity contribution in [3.8, 4) is 0 Å².